The third-order valence-electron chi connectivity index (χ3n) is 3.79. The van der Waals surface area contributed by atoms with Gasteiger partial charge in [-0.15, -0.1) is 0 Å². The number of halogens is 1. The summed E-state index contributed by atoms with van der Waals surface area (Å²) >= 11 is 0. The minimum atomic E-state index is -0.988. The summed E-state index contributed by atoms with van der Waals surface area (Å²) in [5.74, 6) is -0.770. The lowest BCUT2D eigenvalue weighted by atomic mass is 10.2. The number of pyridine rings is 1. The smallest absolute Gasteiger partial charge is 0.335 e. The summed E-state index contributed by atoms with van der Waals surface area (Å²) in [6.45, 7) is 2.76. The summed E-state index contributed by atoms with van der Waals surface area (Å²) in [6.07, 6.45) is 1.49. The summed E-state index contributed by atoms with van der Waals surface area (Å²) in [5, 5.41) is 16.2. The second-order valence-electron chi connectivity index (χ2n) is 5.93. The molecule has 3 aromatic rings. The Labute approximate surface area is 154 Å². The lowest BCUT2D eigenvalue weighted by Crippen LogP contribution is -2.16. The van der Waals surface area contributed by atoms with Crippen LogP contribution in [-0.4, -0.2) is 21.2 Å². The van der Waals surface area contributed by atoms with E-state index in [4.69, 9.17) is 14.4 Å². The molecule has 0 spiro atoms. The average Bonchev–Trinajstić information content (AvgIpc) is 3.08. The van der Waals surface area contributed by atoms with Crippen molar-refractivity contribution in [3.8, 4) is 5.75 Å². The Bertz CT molecular complexity index is 925. The molecule has 7 nitrogen and oxygen atoms in total. The Balaban J connectivity index is 1.56. The van der Waals surface area contributed by atoms with Gasteiger partial charge in [-0.25, -0.2) is 9.18 Å². The van der Waals surface area contributed by atoms with E-state index in [2.05, 4.69) is 15.5 Å². The Morgan fingerprint density at radius 3 is 2.78 bits per heavy atom. The minimum absolute atomic E-state index is 0.203. The van der Waals surface area contributed by atoms with Crippen LogP contribution in [0.5, 0.6) is 5.75 Å². The van der Waals surface area contributed by atoms with E-state index in [9.17, 15) is 9.18 Å². The summed E-state index contributed by atoms with van der Waals surface area (Å²) in [4.78, 5) is 15.4. The molecule has 0 saturated carbocycles. The third kappa shape index (κ3) is 5.11. The van der Waals surface area contributed by atoms with Crippen LogP contribution in [0.1, 0.15) is 33.0 Å². The van der Waals surface area contributed by atoms with Crippen LogP contribution in [0.3, 0.4) is 0 Å². The quantitative estimate of drug-likeness (QED) is 0.628. The SMILES string of the molecule is Cc1cc(C(=O)O)cc(CNCc2nocc2COc2ccc(F)cc2)n1. The first kappa shape index (κ1) is 18.5. The first-order chi connectivity index (χ1) is 13.0. The van der Waals surface area contributed by atoms with E-state index < -0.39 is 5.97 Å². The molecule has 0 atom stereocenters. The maximum Gasteiger partial charge on any atom is 0.335 e. The monoisotopic (exact) mass is 371 g/mol. The van der Waals surface area contributed by atoms with Crippen molar-refractivity contribution in [1.29, 1.82) is 0 Å². The fourth-order valence-electron chi connectivity index (χ4n) is 2.50. The number of aryl methyl sites for hydroxylation is 1. The van der Waals surface area contributed by atoms with Crippen LogP contribution in [-0.2, 0) is 19.7 Å². The summed E-state index contributed by atoms with van der Waals surface area (Å²) in [7, 11) is 0. The molecule has 0 radical (unpaired) electrons. The molecule has 0 bridgehead atoms. The molecule has 2 aromatic heterocycles. The Morgan fingerprint density at radius 1 is 1.26 bits per heavy atom. The van der Waals surface area contributed by atoms with Gasteiger partial charge in [0.15, 0.2) is 0 Å². The van der Waals surface area contributed by atoms with Crippen molar-refractivity contribution in [2.45, 2.75) is 26.6 Å². The number of ether oxygens (including phenoxy) is 1. The molecular formula is C19H18FN3O4. The number of carboxylic acid groups (broad SMARTS) is 1. The molecule has 140 valence electrons. The van der Waals surface area contributed by atoms with Crippen molar-refractivity contribution >= 4 is 5.97 Å². The highest BCUT2D eigenvalue weighted by Gasteiger charge is 2.10. The van der Waals surface area contributed by atoms with Crippen LogP contribution in [0.4, 0.5) is 4.39 Å². The lowest BCUT2D eigenvalue weighted by Gasteiger charge is -2.07. The van der Waals surface area contributed by atoms with Gasteiger partial charge in [-0.1, -0.05) is 5.16 Å². The molecule has 0 fully saturated rings. The van der Waals surface area contributed by atoms with Crippen LogP contribution < -0.4 is 10.1 Å². The molecule has 0 saturated heterocycles. The van der Waals surface area contributed by atoms with Crippen LogP contribution in [0, 0.1) is 12.7 Å². The molecule has 0 aliphatic heterocycles. The highest BCUT2D eigenvalue weighted by atomic mass is 19.1. The van der Waals surface area contributed by atoms with Crippen LogP contribution in [0.15, 0.2) is 47.2 Å². The van der Waals surface area contributed by atoms with E-state index in [1.54, 1.807) is 19.1 Å². The molecular weight excluding hydrogens is 353 g/mol. The van der Waals surface area contributed by atoms with E-state index >= 15 is 0 Å². The van der Waals surface area contributed by atoms with Gasteiger partial charge < -0.3 is 19.7 Å². The molecule has 1 aromatic carbocycles. The number of carboxylic acids is 1. The van der Waals surface area contributed by atoms with E-state index in [1.807, 2.05) is 0 Å². The van der Waals surface area contributed by atoms with E-state index in [0.717, 1.165) is 5.56 Å². The van der Waals surface area contributed by atoms with Gasteiger partial charge in [0.25, 0.3) is 0 Å². The normalized spacial score (nSPS) is 10.7. The Kier molecular flexibility index (Phi) is 5.77. The molecule has 0 amide bonds. The largest absolute Gasteiger partial charge is 0.489 e. The summed E-state index contributed by atoms with van der Waals surface area (Å²) < 4.78 is 23.5. The standard InChI is InChI=1S/C19H18FN3O4/c1-12-6-13(19(24)25)7-16(22-12)8-21-9-18-14(11-27-23-18)10-26-17-4-2-15(20)3-5-17/h2-7,11,21H,8-10H2,1H3,(H,24,25). The van der Waals surface area contributed by atoms with Crippen molar-refractivity contribution in [3.05, 3.63) is 76.7 Å². The van der Waals surface area contributed by atoms with E-state index in [1.165, 1.54) is 30.5 Å². The minimum Gasteiger partial charge on any atom is -0.489 e. The number of benzene rings is 1. The van der Waals surface area contributed by atoms with Gasteiger partial charge in [0.2, 0.25) is 0 Å². The molecule has 2 N–H and O–H groups in total. The number of nitrogens with zero attached hydrogens (tertiary/aromatic N) is 2. The molecule has 27 heavy (non-hydrogen) atoms. The number of rotatable bonds is 8. The first-order valence-electron chi connectivity index (χ1n) is 8.23. The number of aromatic carboxylic acids is 1. The maximum absolute atomic E-state index is 12.9. The maximum atomic E-state index is 12.9. The highest BCUT2D eigenvalue weighted by Crippen LogP contribution is 2.15. The van der Waals surface area contributed by atoms with Gasteiger partial charge in [0, 0.05) is 18.8 Å². The fourth-order valence-corrected chi connectivity index (χ4v) is 2.50. The zero-order valence-corrected chi connectivity index (χ0v) is 14.6. The molecule has 3 rings (SSSR count). The molecule has 0 unspecified atom stereocenters. The van der Waals surface area contributed by atoms with E-state index in [-0.39, 0.29) is 18.0 Å². The molecule has 0 aliphatic carbocycles. The van der Waals surface area contributed by atoms with Crippen molar-refractivity contribution in [1.82, 2.24) is 15.5 Å². The van der Waals surface area contributed by atoms with Crippen LogP contribution in [0.2, 0.25) is 0 Å². The zero-order valence-electron chi connectivity index (χ0n) is 14.6. The number of hydrogen-bond donors (Lipinski definition) is 2. The van der Waals surface area contributed by atoms with Crippen LogP contribution in [0.25, 0.3) is 0 Å². The molecule has 2 heterocycles. The average molecular weight is 371 g/mol. The second kappa shape index (κ2) is 8.41. The van der Waals surface area contributed by atoms with Crippen molar-refractivity contribution in [2.75, 3.05) is 0 Å². The van der Waals surface area contributed by atoms with Crippen molar-refractivity contribution < 1.29 is 23.6 Å². The second-order valence-corrected chi connectivity index (χ2v) is 5.93. The highest BCUT2D eigenvalue weighted by molar-refractivity contribution is 5.87. The van der Waals surface area contributed by atoms with Gasteiger partial charge in [0.1, 0.15) is 30.1 Å². The van der Waals surface area contributed by atoms with Gasteiger partial charge in [-0.3, -0.25) is 4.98 Å². The lowest BCUT2D eigenvalue weighted by molar-refractivity contribution is 0.0696. The summed E-state index contributed by atoms with van der Waals surface area (Å²) in [6, 6.07) is 8.80. The third-order valence-corrected chi connectivity index (χ3v) is 3.79. The van der Waals surface area contributed by atoms with Gasteiger partial charge in [-0.05, 0) is 43.3 Å². The predicted molar refractivity (Wildman–Crippen MR) is 93.7 cm³/mol. The zero-order chi connectivity index (χ0) is 19.2. The van der Waals surface area contributed by atoms with Crippen molar-refractivity contribution in [2.24, 2.45) is 0 Å². The van der Waals surface area contributed by atoms with Crippen LogP contribution >= 0.6 is 0 Å². The van der Waals surface area contributed by atoms with Crippen molar-refractivity contribution in [3.63, 3.8) is 0 Å². The Hall–Kier alpha value is -3.26. The van der Waals surface area contributed by atoms with Gasteiger partial charge >= 0.3 is 5.97 Å². The number of carbonyl (C=O) groups is 1. The fraction of sp³-hybridized carbons (Fsp3) is 0.211. The topological polar surface area (TPSA) is 97.5 Å². The van der Waals surface area contributed by atoms with E-state index in [0.29, 0.717) is 35.9 Å². The predicted octanol–water partition coefficient (Wildman–Crippen LogP) is 3.08. The molecule has 0 aliphatic rings. The number of aromatic nitrogens is 2. The van der Waals surface area contributed by atoms with Gasteiger partial charge in [0.05, 0.1) is 16.8 Å². The Morgan fingerprint density at radius 2 is 2.04 bits per heavy atom. The number of nitrogens with one attached hydrogen (secondary N) is 1. The number of hydrogen-bond acceptors (Lipinski definition) is 6. The first-order valence-corrected chi connectivity index (χ1v) is 8.23. The van der Waals surface area contributed by atoms with Gasteiger partial charge in [-0.2, -0.15) is 0 Å². The summed E-state index contributed by atoms with van der Waals surface area (Å²) in [5.41, 5.74) is 2.90. The molecule has 8 heteroatoms.